The number of rotatable bonds is 30. The van der Waals surface area contributed by atoms with Gasteiger partial charge in [0.05, 0.1) is 13.2 Å². The van der Waals surface area contributed by atoms with Crippen LogP contribution in [0.15, 0.2) is 0 Å². The van der Waals surface area contributed by atoms with E-state index in [0.29, 0.717) is 37.9 Å². The topological polar surface area (TPSA) is 52.6 Å². The van der Waals surface area contributed by atoms with E-state index in [1.165, 1.54) is 109 Å². The van der Waals surface area contributed by atoms with Crippen molar-refractivity contribution in [1.82, 2.24) is 0 Å². The Morgan fingerprint density at radius 2 is 0.718 bits per heavy atom. The van der Waals surface area contributed by atoms with Crippen molar-refractivity contribution in [1.29, 1.82) is 0 Å². The highest BCUT2D eigenvalue weighted by Crippen LogP contribution is 2.20. The molecule has 0 spiro atoms. The minimum Gasteiger partial charge on any atom is -0.465 e. The van der Waals surface area contributed by atoms with Crippen LogP contribution in [0.5, 0.6) is 0 Å². The number of ether oxygens (including phenoxy) is 2. The number of carbonyl (C=O) groups excluding carboxylic acids is 2. The van der Waals surface area contributed by atoms with Crippen molar-refractivity contribution in [3.05, 3.63) is 0 Å². The Kier molecular flexibility index (Phi) is 29.1. The molecule has 0 rings (SSSR count). The predicted molar refractivity (Wildman–Crippen MR) is 167 cm³/mol. The molecule has 39 heavy (non-hydrogen) atoms. The summed E-state index contributed by atoms with van der Waals surface area (Å²) in [6, 6.07) is 0. The number of unbranched alkanes of at least 4 members (excludes halogenated alkanes) is 14. The Morgan fingerprint density at radius 3 is 1.08 bits per heavy atom. The third-order valence-electron chi connectivity index (χ3n) is 8.09. The van der Waals surface area contributed by atoms with Crippen molar-refractivity contribution in [3.63, 3.8) is 0 Å². The maximum absolute atomic E-state index is 12.2. The molecule has 0 aromatic carbocycles. The quantitative estimate of drug-likeness (QED) is 0.0656. The molecule has 232 valence electrons. The van der Waals surface area contributed by atoms with Crippen LogP contribution in [0.1, 0.15) is 188 Å². The zero-order chi connectivity index (χ0) is 28.8. The molecule has 0 radical (unpaired) electrons. The Bertz CT molecular complexity index is 487. The third kappa shape index (κ3) is 26.9. The van der Waals surface area contributed by atoms with Crippen LogP contribution in [-0.4, -0.2) is 25.2 Å². The summed E-state index contributed by atoms with van der Waals surface area (Å²) in [6.45, 7) is 10.2. The molecule has 4 nitrogen and oxygen atoms in total. The highest BCUT2D eigenvalue weighted by Gasteiger charge is 2.13. The highest BCUT2D eigenvalue weighted by atomic mass is 16.5. The summed E-state index contributed by atoms with van der Waals surface area (Å²) in [5.74, 6) is 1.06. The summed E-state index contributed by atoms with van der Waals surface area (Å²) >= 11 is 0. The summed E-state index contributed by atoms with van der Waals surface area (Å²) in [5, 5.41) is 0. The standard InChI is InChI=1S/C35H68O4/c1-5-9-13-20-26-32(24-11-7-3)30-38-34(36)28-22-18-16-15-17-19-23-29-35(37)39-31-33(25-12-8-4)27-21-14-10-6-2/h32-33H,5-31H2,1-4H3. The number of esters is 2. The zero-order valence-electron chi connectivity index (χ0n) is 26.9. The normalized spacial score (nSPS) is 12.8. The van der Waals surface area contributed by atoms with Crippen molar-refractivity contribution < 1.29 is 19.1 Å². The molecule has 0 aliphatic rings. The van der Waals surface area contributed by atoms with Gasteiger partial charge in [-0.1, -0.05) is 137 Å². The Balaban J connectivity index is 3.78. The maximum atomic E-state index is 12.2. The molecule has 0 saturated carbocycles. The van der Waals surface area contributed by atoms with Gasteiger partial charge in [-0.25, -0.2) is 0 Å². The molecule has 0 aromatic heterocycles. The SMILES string of the molecule is CCCCCCC(CCCC)COC(=O)CCCCCCCCCC(=O)OCC(CCCC)CCCCCC. The molecule has 0 saturated heterocycles. The summed E-state index contributed by atoms with van der Waals surface area (Å²) in [6.07, 6.45) is 28.6. The first-order valence-corrected chi connectivity index (χ1v) is 17.4. The third-order valence-corrected chi connectivity index (χ3v) is 8.09. The van der Waals surface area contributed by atoms with Crippen molar-refractivity contribution >= 4 is 11.9 Å². The van der Waals surface area contributed by atoms with Gasteiger partial charge in [-0.2, -0.15) is 0 Å². The van der Waals surface area contributed by atoms with E-state index >= 15 is 0 Å². The molecule has 4 heteroatoms. The second-order valence-electron chi connectivity index (χ2n) is 12.1. The van der Waals surface area contributed by atoms with Crippen LogP contribution in [0, 0.1) is 11.8 Å². The first-order chi connectivity index (χ1) is 19.1. The van der Waals surface area contributed by atoms with Gasteiger partial charge in [-0.3, -0.25) is 9.59 Å². The summed E-state index contributed by atoms with van der Waals surface area (Å²) in [7, 11) is 0. The van der Waals surface area contributed by atoms with Gasteiger partial charge in [0.25, 0.3) is 0 Å². The molecule has 0 fully saturated rings. The average Bonchev–Trinajstić information content (AvgIpc) is 2.94. The smallest absolute Gasteiger partial charge is 0.305 e. The monoisotopic (exact) mass is 553 g/mol. The van der Waals surface area contributed by atoms with E-state index in [4.69, 9.17) is 9.47 Å². The van der Waals surface area contributed by atoms with Gasteiger partial charge in [0.2, 0.25) is 0 Å². The summed E-state index contributed by atoms with van der Waals surface area (Å²) < 4.78 is 11.3. The molecule has 0 bridgehead atoms. The van der Waals surface area contributed by atoms with E-state index in [2.05, 4.69) is 27.7 Å². The van der Waals surface area contributed by atoms with Crippen LogP contribution in [0.4, 0.5) is 0 Å². The first kappa shape index (κ1) is 37.9. The van der Waals surface area contributed by atoms with Crippen LogP contribution in [0.25, 0.3) is 0 Å². The number of hydrogen-bond donors (Lipinski definition) is 0. The Hall–Kier alpha value is -1.06. The molecular weight excluding hydrogens is 484 g/mol. The molecule has 0 heterocycles. The molecule has 2 atom stereocenters. The largest absolute Gasteiger partial charge is 0.465 e. The van der Waals surface area contributed by atoms with E-state index < -0.39 is 0 Å². The second kappa shape index (κ2) is 29.9. The van der Waals surface area contributed by atoms with Crippen LogP contribution in [0.2, 0.25) is 0 Å². The van der Waals surface area contributed by atoms with Crippen LogP contribution in [-0.2, 0) is 19.1 Å². The highest BCUT2D eigenvalue weighted by molar-refractivity contribution is 5.69. The second-order valence-corrected chi connectivity index (χ2v) is 12.1. The van der Waals surface area contributed by atoms with E-state index in [1.54, 1.807) is 0 Å². The van der Waals surface area contributed by atoms with Gasteiger partial charge in [-0.05, 0) is 50.4 Å². The van der Waals surface area contributed by atoms with E-state index in [-0.39, 0.29) is 11.9 Å². The fourth-order valence-electron chi connectivity index (χ4n) is 5.32. The lowest BCUT2D eigenvalue weighted by Gasteiger charge is -2.17. The minimum atomic E-state index is -0.0125. The first-order valence-electron chi connectivity index (χ1n) is 17.4. The van der Waals surface area contributed by atoms with Crippen LogP contribution < -0.4 is 0 Å². The molecule has 0 aliphatic carbocycles. The fourth-order valence-corrected chi connectivity index (χ4v) is 5.32. The minimum absolute atomic E-state index is 0.0125. The lowest BCUT2D eigenvalue weighted by molar-refractivity contribution is -0.146. The number of carbonyl (C=O) groups is 2. The van der Waals surface area contributed by atoms with Crippen LogP contribution >= 0.6 is 0 Å². The van der Waals surface area contributed by atoms with Gasteiger partial charge < -0.3 is 9.47 Å². The molecule has 0 amide bonds. The van der Waals surface area contributed by atoms with Gasteiger partial charge in [0.15, 0.2) is 0 Å². The molecule has 0 N–H and O–H groups in total. The van der Waals surface area contributed by atoms with Gasteiger partial charge in [0, 0.05) is 12.8 Å². The van der Waals surface area contributed by atoms with E-state index in [9.17, 15) is 9.59 Å². The lowest BCUT2D eigenvalue weighted by atomic mass is 9.96. The van der Waals surface area contributed by atoms with E-state index in [1.807, 2.05) is 0 Å². The van der Waals surface area contributed by atoms with Gasteiger partial charge in [-0.15, -0.1) is 0 Å². The van der Waals surface area contributed by atoms with Crippen molar-refractivity contribution in [3.8, 4) is 0 Å². The van der Waals surface area contributed by atoms with Crippen molar-refractivity contribution in [2.24, 2.45) is 11.8 Å². The Labute approximate surface area is 244 Å². The maximum Gasteiger partial charge on any atom is 0.305 e. The van der Waals surface area contributed by atoms with Gasteiger partial charge >= 0.3 is 11.9 Å². The predicted octanol–water partition coefficient (Wildman–Crippen LogP) is 11.1. The molecule has 0 aromatic rings. The van der Waals surface area contributed by atoms with Crippen LogP contribution in [0.3, 0.4) is 0 Å². The Morgan fingerprint density at radius 1 is 0.410 bits per heavy atom. The number of hydrogen-bond acceptors (Lipinski definition) is 4. The fraction of sp³-hybridized carbons (Fsp3) is 0.943. The molecule has 2 unspecified atom stereocenters. The average molecular weight is 553 g/mol. The lowest BCUT2D eigenvalue weighted by Crippen LogP contribution is -2.14. The van der Waals surface area contributed by atoms with Crippen molar-refractivity contribution in [2.75, 3.05) is 13.2 Å². The van der Waals surface area contributed by atoms with Crippen molar-refractivity contribution in [2.45, 2.75) is 188 Å². The molecule has 0 aliphatic heterocycles. The summed E-state index contributed by atoms with van der Waals surface area (Å²) in [4.78, 5) is 24.4. The zero-order valence-corrected chi connectivity index (χ0v) is 26.9. The van der Waals surface area contributed by atoms with E-state index in [0.717, 1.165) is 38.5 Å². The van der Waals surface area contributed by atoms with Gasteiger partial charge in [0.1, 0.15) is 0 Å². The summed E-state index contributed by atoms with van der Waals surface area (Å²) in [5.41, 5.74) is 0. The molecular formula is C35H68O4.